The van der Waals surface area contributed by atoms with Crippen LogP contribution in [0.4, 0.5) is 13.2 Å². The number of ether oxygens (including phenoxy) is 1. The lowest BCUT2D eigenvalue weighted by Crippen LogP contribution is -2.46. The molecule has 2 aromatic carbocycles. The number of carbonyl (C=O) groups is 2. The Morgan fingerprint density at radius 3 is 2.23 bits per heavy atom. The summed E-state index contributed by atoms with van der Waals surface area (Å²) in [6.07, 6.45) is -2.60. The zero-order chi connectivity index (χ0) is 31.3. The highest BCUT2D eigenvalue weighted by molar-refractivity contribution is 7.90. The highest BCUT2D eigenvalue weighted by Crippen LogP contribution is 2.39. The van der Waals surface area contributed by atoms with E-state index in [-0.39, 0.29) is 48.8 Å². The predicted octanol–water partition coefficient (Wildman–Crippen LogP) is 5.29. The molecule has 234 valence electrons. The van der Waals surface area contributed by atoms with Gasteiger partial charge in [-0.1, -0.05) is 29.3 Å². The van der Waals surface area contributed by atoms with E-state index in [1.165, 1.54) is 22.3 Å². The fraction of sp³-hybridized carbons (Fsp3) is 0.517. The second kappa shape index (κ2) is 12.1. The number of piperidine rings is 1. The molecule has 3 fully saturated rings. The molecule has 1 aliphatic carbocycles. The minimum absolute atomic E-state index is 0.138. The van der Waals surface area contributed by atoms with Gasteiger partial charge in [0, 0.05) is 50.6 Å². The molecule has 1 saturated carbocycles. The van der Waals surface area contributed by atoms with E-state index in [0.29, 0.717) is 35.7 Å². The van der Waals surface area contributed by atoms with E-state index in [1.54, 1.807) is 23.1 Å². The van der Waals surface area contributed by atoms with E-state index < -0.39 is 45.4 Å². The number of carbonyl (C=O) groups excluding carboxylic acids is 2. The number of alkyl halides is 3. The van der Waals surface area contributed by atoms with Crippen molar-refractivity contribution in [2.75, 3.05) is 40.3 Å². The summed E-state index contributed by atoms with van der Waals surface area (Å²) in [4.78, 5) is 30.3. The lowest BCUT2D eigenvalue weighted by atomic mass is 9.93. The van der Waals surface area contributed by atoms with Crippen LogP contribution in [0.1, 0.15) is 53.1 Å². The van der Waals surface area contributed by atoms with E-state index in [4.69, 9.17) is 27.9 Å². The smallest absolute Gasteiger partial charge is 0.419 e. The average Bonchev–Trinajstić information content (AvgIpc) is 3.76. The van der Waals surface area contributed by atoms with Gasteiger partial charge >= 0.3 is 6.18 Å². The fourth-order valence-corrected chi connectivity index (χ4v) is 8.22. The van der Waals surface area contributed by atoms with E-state index in [9.17, 15) is 31.2 Å². The van der Waals surface area contributed by atoms with Crippen molar-refractivity contribution in [3.05, 3.63) is 63.1 Å². The molecule has 2 aliphatic heterocycles. The van der Waals surface area contributed by atoms with Crippen molar-refractivity contribution in [1.29, 1.82) is 0 Å². The summed E-state index contributed by atoms with van der Waals surface area (Å²) in [6, 6.07) is 7.63. The molecule has 2 heterocycles. The number of sulfonamides is 1. The summed E-state index contributed by atoms with van der Waals surface area (Å²) >= 11 is 12.4. The van der Waals surface area contributed by atoms with Gasteiger partial charge in [-0.3, -0.25) is 9.59 Å². The van der Waals surface area contributed by atoms with Gasteiger partial charge in [0.25, 0.3) is 5.91 Å². The molecular formula is C29H32Cl2F3N3O5S. The monoisotopic (exact) mass is 661 g/mol. The number of hydrogen-bond acceptors (Lipinski definition) is 5. The van der Waals surface area contributed by atoms with Crippen molar-refractivity contribution in [3.63, 3.8) is 0 Å². The molecule has 14 heteroatoms. The van der Waals surface area contributed by atoms with Crippen LogP contribution in [0.25, 0.3) is 0 Å². The van der Waals surface area contributed by atoms with Crippen LogP contribution in [0, 0.1) is 5.92 Å². The Morgan fingerprint density at radius 2 is 1.65 bits per heavy atom. The zero-order valence-corrected chi connectivity index (χ0v) is 25.9. The maximum Gasteiger partial charge on any atom is 0.419 e. The van der Waals surface area contributed by atoms with Crippen molar-refractivity contribution in [2.24, 2.45) is 5.92 Å². The minimum Gasteiger partial charge on any atom is -0.496 e. The highest BCUT2D eigenvalue weighted by atomic mass is 35.5. The maximum atomic E-state index is 13.7. The van der Waals surface area contributed by atoms with E-state index >= 15 is 0 Å². The molecule has 43 heavy (non-hydrogen) atoms. The van der Waals surface area contributed by atoms with Crippen LogP contribution >= 0.6 is 23.2 Å². The Morgan fingerprint density at radius 1 is 0.977 bits per heavy atom. The number of rotatable bonds is 7. The van der Waals surface area contributed by atoms with Crippen LogP contribution < -0.4 is 4.74 Å². The van der Waals surface area contributed by atoms with Gasteiger partial charge in [-0.25, -0.2) is 12.7 Å². The quantitative estimate of drug-likeness (QED) is 0.402. The first-order valence-corrected chi connectivity index (χ1v) is 16.2. The molecule has 0 radical (unpaired) electrons. The van der Waals surface area contributed by atoms with Crippen molar-refractivity contribution < 1.29 is 35.9 Å². The first-order chi connectivity index (χ1) is 20.2. The van der Waals surface area contributed by atoms with Crippen LogP contribution in [0.2, 0.25) is 10.0 Å². The third-order valence-electron chi connectivity index (χ3n) is 8.65. The van der Waals surface area contributed by atoms with Gasteiger partial charge in [-0.2, -0.15) is 13.2 Å². The first-order valence-electron chi connectivity index (χ1n) is 14.0. The Hall–Kier alpha value is -2.54. The van der Waals surface area contributed by atoms with Crippen LogP contribution in [0.15, 0.2) is 36.4 Å². The van der Waals surface area contributed by atoms with Crippen molar-refractivity contribution >= 4 is 45.0 Å². The molecule has 2 saturated heterocycles. The van der Waals surface area contributed by atoms with Crippen LogP contribution in [0.5, 0.6) is 5.75 Å². The van der Waals surface area contributed by atoms with Gasteiger partial charge in [0.1, 0.15) is 5.75 Å². The topological polar surface area (TPSA) is 87.2 Å². The first kappa shape index (κ1) is 31.9. The molecule has 8 nitrogen and oxygen atoms in total. The number of likely N-dealkylation sites (N-methyl/N-ethyl adjacent to an activating group) is 1. The van der Waals surface area contributed by atoms with Gasteiger partial charge in [0.15, 0.2) is 0 Å². The third-order valence-corrected chi connectivity index (χ3v) is 11.8. The summed E-state index contributed by atoms with van der Waals surface area (Å²) in [6.45, 7) is 0.950. The SMILES string of the molecule is COc1ccc(C(=O)N(C)C2CN(C(=O)C3CCN(S(=O)(=O)C4CC4)CC3)CC2c2ccc(Cl)c(Cl)c2)cc1C(F)(F)F. The Kier molecular flexibility index (Phi) is 8.97. The zero-order valence-electron chi connectivity index (χ0n) is 23.6. The standard InChI is InChI=1S/C29H32Cl2F3N3O5S/c1-35(27(38)19-4-8-26(42-2)22(13-19)29(32,33)34)25-16-36(15-21(25)18-3-7-23(30)24(31)14-18)28(39)17-9-11-37(12-10-17)43(40,41)20-5-6-20/h3-4,7-8,13-14,17,20-21,25H,5-6,9-12,15-16H2,1-2H3. The minimum atomic E-state index is -4.73. The van der Waals surface area contributed by atoms with E-state index in [2.05, 4.69) is 0 Å². The van der Waals surface area contributed by atoms with Gasteiger partial charge < -0.3 is 14.5 Å². The number of halogens is 5. The number of methoxy groups -OCH3 is 1. The number of amides is 2. The summed E-state index contributed by atoms with van der Waals surface area (Å²) in [5.41, 5.74) is -0.503. The molecule has 2 unspecified atom stereocenters. The summed E-state index contributed by atoms with van der Waals surface area (Å²) in [5.74, 6) is -1.95. The molecule has 3 aliphatic rings. The van der Waals surface area contributed by atoms with Crippen molar-refractivity contribution in [2.45, 2.75) is 49.1 Å². The summed E-state index contributed by atoms with van der Waals surface area (Å²) < 4.78 is 72.7. The summed E-state index contributed by atoms with van der Waals surface area (Å²) in [5, 5.41) is 0.325. The van der Waals surface area contributed by atoms with Gasteiger partial charge in [-0.05, 0) is 61.6 Å². The third kappa shape index (κ3) is 6.48. The largest absolute Gasteiger partial charge is 0.496 e. The van der Waals surface area contributed by atoms with Gasteiger partial charge in [0.2, 0.25) is 15.9 Å². The molecular weight excluding hydrogens is 630 g/mol. The molecule has 0 spiro atoms. The average molecular weight is 663 g/mol. The molecule has 2 atom stereocenters. The molecule has 2 amide bonds. The van der Waals surface area contributed by atoms with Gasteiger partial charge in [0.05, 0.1) is 34.0 Å². The van der Waals surface area contributed by atoms with Gasteiger partial charge in [-0.15, -0.1) is 0 Å². The molecule has 5 rings (SSSR count). The summed E-state index contributed by atoms with van der Waals surface area (Å²) in [7, 11) is -0.690. The second-order valence-electron chi connectivity index (χ2n) is 11.3. The molecule has 0 bridgehead atoms. The van der Waals surface area contributed by atoms with Crippen LogP contribution in [-0.2, 0) is 21.0 Å². The van der Waals surface area contributed by atoms with Crippen molar-refractivity contribution in [1.82, 2.24) is 14.1 Å². The lowest BCUT2D eigenvalue weighted by Gasteiger charge is -2.33. The Labute approximate surface area is 258 Å². The Bertz CT molecular complexity index is 1510. The maximum absolute atomic E-state index is 13.7. The number of nitrogens with zero attached hydrogens (tertiary/aromatic N) is 3. The molecule has 0 aromatic heterocycles. The fourth-order valence-electron chi connectivity index (χ4n) is 6.04. The van der Waals surface area contributed by atoms with Crippen LogP contribution in [0.3, 0.4) is 0 Å². The normalized spacial score (nSPS) is 22.1. The number of hydrogen-bond donors (Lipinski definition) is 0. The van der Waals surface area contributed by atoms with Crippen molar-refractivity contribution in [3.8, 4) is 5.75 Å². The van der Waals surface area contributed by atoms with E-state index in [1.807, 2.05) is 0 Å². The van der Waals surface area contributed by atoms with E-state index in [0.717, 1.165) is 24.8 Å². The number of likely N-dealkylation sites (tertiary alicyclic amines) is 1. The molecule has 0 N–H and O–H groups in total. The number of benzene rings is 2. The lowest BCUT2D eigenvalue weighted by molar-refractivity contribution is -0.139. The second-order valence-corrected chi connectivity index (χ2v) is 14.4. The molecule has 2 aromatic rings. The van der Waals surface area contributed by atoms with Crippen LogP contribution in [-0.4, -0.2) is 86.0 Å². The predicted molar refractivity (Wildman–Crippen MR) is 156 cm³/mol. The highest BCUT2D eigenvalue weighted by Gasteiger charge is 2.45. The Balaban J connectivity index is 1.38.